The molecule has 5 N–H and O–H groups in total. The Morgan fingerprint density at radius 3 is 2.39 bits per heavy atom. The average Bonchev–Trinajstić information content (AvgIpc) is 3.02. The summed E-state index contributed by atoms with van der Waals surface area (Å²) in [6.45, 7) is 0.486. The Balaban J connectivity index is 1.32. The molecule has 234 valence electrons. The number of benzene rings is 3. The molecular formula is C33H38FN3O7. The van der Waals surface area contributed by atoms with Crippen molar-refractivity contribution in [2.75, 3.05) is 6.61 Å². The van der Waals surface area contributed by atoms with Gasteiger partial charge in [-0.05, 0) is 55.0 Å². The minimum Gasteiger partial charge on any atom is -0.494 e. The van der Waals surface area contributed by atoms with Crippen molar-refractivity contribution >= 4 is 23.8 Å². The summed E-state index contributed by atoms with van der Waals surface area (Å²) in [7, 11) is 0. The standard InChI is InChI=1S/C33H38FN3O7/c34-27-14-5-4-12-25(27)21-36-32(40)28(35)15-6-7-18-43-26-13-8-11-23(19-26)16-17-30(38)37-29(33(41)42)20-31(39)44-22-24-9-2-1-3-10-24/h1-5,8-14,19,28-29H,6-7,15-18,20-22,35H2,(H,36,40)(H,37,38)(H,41,42)/t28-,29-/m0/s1. The summed E-state index contributed by atoms with van der Waals surface area (Å²) < 4.78 is 24.6. The van der Waals surface area contributed by atoms with Crippen LogP contribution < -0.4 is 21.1 Å². The number of carbonyl (C=O) groups excluding carboxylic acids is 3. The molecule has 0 aliphatic heterocycles. The molecule has 3 rings (SSSR count). The quantitative estimate of drug-likeness (QED) is 0.126. The van der Waals surface area contributed by atoms with E-state index in [9.17, 15) is 28.7 Å². The van der Waals surface area contributed by atoms with Gasteiger partial charge in [-0.15, -0.1) is 0 Å². The summed E-state index contributed by atoms with van der Waals surface area (Å²) in [4.78, 5) is 48.4. The van der Waals surface area contributed by atoms with Crippen LogP contribution >= 0.6 is 0 Å². The van der Waals surface area contributed by atoms with Gasteiger partial charge in [0, 0.05) is 18.5 Å². The predicted molar refractivity (Wildman–Crippen MR) is 161 cm³/mol. The van der Waals surface area contributed by atoms with Gasteiger partial charge in [0.25, 0.3) is 0 Å². The fourth-order valence-corrected chi connectivity index (χ4v) is 4.22. The lowest BCUT2D eigenvalue weighted by atomic mass is 10.1. The van der Waals surface area contributed by atoms with Gasteiger partial charge in [0.15, 0.2) is 0 Å². The fourth-order valence-electron chi connectivity index (χ4n) is 4.22. The number of amides is 2. The maximum absolute atomic E-state index is 13.7. The highest BCUT2D eigenvalue weighted by Crippen LogP contribution is 2.16. The van der Waals surface area contributed by atoms with Gasteiger partial charge < -0.3 is 30.9 Å². The lowest BCUT2D eigenvalue weighted by molar-refractivity contribution is -0.151. The van der Waals surface area contributed by atoms with E-state index < -0.39 is 36.4 Å². The van der Waals surface area contributed by atoms with Crippen molar-refractivity contribution < 1.29 is 38.1 Å². The molecule has 0 saturated heterocycles. The maximum Gasteiger partial charge on any atom is 0.326 e. The van der Waals surface area contributed by atoms with Gasteiger partial charge in [-0.25, -0.2) is 9.18 Å². The Bertz CT molecular complexity index is 1390. The third kappa shape index (κ3) is 12.2. The highest BCUT2D eigenvalue weighted by molar-refractivity contribution is 5.87. The van der Waals surface area contributed by atoms with E-state index in [1.54, 1.807) is 60.7 Å². The first-order valence-electron chi connectivity index (χ1n) is 14.4. The van der Waals surface area contributed by atoms with Crippen LogP contribution in [0.25, 0.3) is 0 Å². The van der Waals surface area contributed by atoms with E-state index in [0.29, 0.717) is 43.6 Å². The van der Waals surface area contributed by atoms with Crippen molar-refractivity contribution in [3.8, 4) is 5.75 Å². The molecule has 0 fully saturated rings. The lowest BCUT2D eigenvalue weighted by Crippen LogP contribution is -2.42. The Morgan fingerprint density at radius 2 is 1.64 bits per heavy atom. The molecule has 0 radical (unpaired) electrons. The molecule has 0 aromatic heterocycles. The van der Waals surface area contributed by atoms with Gasteiger partial charge >= 0.3 is 11.9 Å². The second-order valence-corrected chi connectivity index (χ2v) is 10.2. The Hall–Kier alpha value is -4.77. The van der Waals surface area contributed by atoms with Gasteiger partial charge in [-0.1, -0.05) is 60.7 Å². The van der Waals surface area contributed by atoms with Crippen LogP contribution in [0, 0.1) is 5.82 Å². The molecule has 0 spiro atoms. The summed E-state index contributed by atoms with van der Waals surface area (Å²) in [5, 5.41) is 14.5. The lowest BCUT2D eigenvalue weighted by Gasteiger charge is -2.14. The van der Waals surface area contributed by atoms with Gasteiger partial charge in [0.2, 0.25) is 11.8 Å². The van der Waals surface area contributed by atoms with E-state index in [-0.39, 0.29) is 31.3 Å². The van der Waals surface area contributed by atoms with Crippen LogP contribution in [0.2, 0.25) is 0 Å². The predicted octanol–water partition coefficient (Wildman–Crippen LogP) is 3.65. The van der Waals surface area contributed by atoms with E-state index in [0.717, 1.165) is 11.1 Å². The monoisotopic (exact) mass is 607 g/mol. The second kappa shape index (κ2) is 18.0. The zero-order chi connectivity index (χ0) is 31.7. The van der Waals surface area contributed by atoms with Crippen molar-refractivity contribution in [2.24, 2.45) is 5.73 Å². The van der Waals surface area contributed by atoms with E-state index in [4.69, 9.17) is 15.2 Å². The van der Waals surface area contributed by atoms with Gasteiger partial charge in [-0.3, -0.25) is 14.4 Å². The molecule has 0 aliphatic carbocycles. The third-order valence-electron chi connectivity index (χ3n) is 6.71. The number of aryl methyl sites for hydroxylation is 1. The number of hydrogen-bond acceptors (Lipinski definition) is 7. The number of hydrogen-bond donors (Lipinski definition) is 4. The van der Waals surface area contributed by atoms with Crippen molar-refractivity contribution in [1.82, 2.24) is 10.6 Å². The number of carboxylic acids is 1. The van der Waals surface area contributed by atoms with Gasteiger partial charge in [-0.2, -0.15) is 0 Å². The van der Waals surface area contributed by atoms with Gasteiger partial charge in [0.05, 0.1) is 19.1 Å². The first-order valence-corrected chi connectivity index (χ1v) is 14.4. The first-order chi connectivity index (χ1) is 21.2. The van der Waals surface area contributed by atoms with Crippen molar-refractivity contribution in [3.63, 3.8) is 0 Å². The van der Waals surface area contributed by atoms with Crippen molar-refractivity contribution in [3.05, 3.63) is 101 Å². The Morgan fingerprint density at radius 1 is 0.909 bits per heavy atom. The molecule has 0 unspecified atom stereocenters. The van der Waals surface area contributed by atoms with Crippen LogP contribution in [-0.2, 0) is 43.5 Å². The van der Waals surface area contributed by atoms with Crippen molar-refractivity contribution in [1.29, 1.82) is 0 Å². The zero-order valence-corrected chi connectivity index (χ0v) is 24.4. The van der Waals surface area contributed by atoms with E-state index >= 15 is 0 Å². The number of rotatable bonds is 18. The number of carboxylic acid groups (broad SMARTS) is 1. The molecule has 11 heteroatoms. The molecule has 0 heterocycles. The molecule has 3 aromatic carbocycles. The smallest absolute Gasteiger partial charge is 0.326 e. The molecule has 10 nitrogen and oxygen atoms in total. The van der Waals surface area contributed by atoms with Crippen LogP contribution in [-0.4, -0.2) is 47.6 Å². The number of nitrogens with two attached hydrogens (primary N) is 1. The largest absolute Gasteiger partial charge is 0.494 e. The first kappa shape index (κ1) is 33.7. The summed E-state index contributed by atoms with van der Waals surface area (Å²) in [5.41, 5.74) is 7.94. The molecule has 2 amide bonds. The number of ether oxygens (including phenoxy) is 2. The zero-order valence-electron chi connectivity index (χ0n) is 24.4. The molecule has 44 heavy (non-hydrogen) atoms. The minimum absolute atomic E-state index is 0.0154. The normalized spacial score (nSPS) is 12.0. The van der Waals surface area contributed by atoms with Crippen LogP contribution in [0.1, 0.15) is 48.8 Å². The highest BCUT2D eigenvalue weighted by Gasteiger charge is 2.24. The van der Waals surface area contributed by atoms with Crippen LogP contribution in [0.4, 0.5) is 4.39 Å². The van der Waals surface area contributed by atoms with E-state index in [1.807, 2.05) is 12.1 Å². The van der Waals surface area contributed by atoms with E-state index in [1.165, 1.54) is 6.07 Å². The second-order valence-electron chi connectivity index (χ2n) is 10.2. The number of halogens is 1. The summed E-state index contributed by atoms with van der Waals surface area (Å²) in [6, 6.07) is 20.3. The summed E-state index contributed by atoms with van der Waals surface area (Å²) >= 11 is 0. The number of nitrogens with one attached hydrogen (secondary N) is 2. The topological polar surface area (TPSA) is 157 Å². The molecular weight excluding hydrogens is 569 g/mol. The number of unbranched alkanes of at least 4 members (excludes halogenated alkanes) is 1. The fraction of sp³-hybridized carbons (Fsp3) is 0.333. The number of esters is 1. The average molecular weight is 608 g/mol. The molecule has 2 atom stereocenters. The SMILES string of the molecule is N[C@@H](CCCCOc1cccc(CCC(=O)N[C@@H](CC(=O)OCc2ccccc2)C(=O)O)c1)C(=O)NCc1ccccc1F. The van der Waals surface area contributed by atoms with Crippen molar-refractivity contribution in [2.45, 2.75) is 63.8 Å². The van der Waals surface area contributed by atoms with Gasteiger partial charge in [0.1, 0.15) is 24.2 Å². The summed E-state index contributed by atoms with van der Waals surface area (Å²) in [6.07, 6.45) is 1.63. The van der Waals surface area contributed by atoms with E-state index in [2.05, 4.69) is 10.6 Å². The van der Waals surface area contributed by atoms with Crippen LogP contribution in [0.3, 0.4) is 0 Å². The number of carbonyl (C=O) groups is 4. The van der Waals surface area contributed by atoms with Crippen LogP contribution in [0.5, 0.6) is 5.75 Å². The summed E-state index contributed by atoms with van der Waals surface area (Å²) in [5.74, 6) is -2.67. The Labute approximate surface area is 255 Å². The number of aliphatic carboxylic acids is 1. The molecule has 0 saturated carbocycles. The minimum atomic E-state index is -1.40. The molecule has 3 aromatic rings. The maximum atomic E-state index is 13.7. The molecule has 0 aliphatic rings. The Kier molecular flexibility index (Phi) is 13.8. The molecule has 0 bridgehead atoms. The highest BCUT2D eigenvalue weighted by atomic mass is 19.1. The van der Waals surface area contributed by atoms with Crippen LogP contribution in [0.15, 0.2) is 78.9 Å². The third-order valence-corrected chi connectivity index (χ3v) is 6.71.